The Morgan fingerprint density at radius 1 is 1.00 bits per heavy atom. The Morgan fingerprint density at radius 2 is 1.74 bits per heavy atom. The lowest BCUT2D eigenvalue weighted by atomic mass is 10.1. The van der Waals surface area contributed by atoms with Crippen LogP contribution in [0.2, 0.25) is 0 Å². The summed E-state index contributed by atoms with van der Waals surface area (Å²) in [6.45, 7) is 1.50. The molecule has 1 N–H and O–H groups in total. The molecule has 0 saturated heterocycles. The average Bonchev–Trinajstić information content (AvgIpc) is 3.65. The molecule has 39 heavy (non-hydrogen) atoms. The molecule has 1 aliphatic carbocycles. The maximum Gasteiger partial charge on any atom is 0.278 e. The van der Waals surface area contributed by atoms with Crippen LogP contribution in [0, 0.1) is 5.92 Å². The monoisotopic (exact) mass is 551 g/mol. The van der Waals surface area contributed by atoms with E-state index in [-0.39, 0.29) is 6.54 Å². The van der Waals surface area contributed by atoms with Gasteiger partial charge in [-0.2, -0.15) is 17.8 Å². The van der Waals surface area contributed by atoms with Crippen LogP contribution < -0.4 is 19.1 Å². The van der Waals surface area contributed by atoms with Gasteiger partial charge in [0.2, 0.25) is 0 Å². The van der Waals surface area contributed by atoms with Crippen molar-refractivity contribution < 1.29 is 17.9 Å². The Bertz CT molecular complexity index is 1550. The minimum Gasteiger partial charge on any atom is -0.497 e. The molecule has 0 unspecified atom stereocenters. The molecule has 5 rings (SSSR count). The molecule has 2 aromatic carbocycles. The third-order valence-corrected chi connectivity index (χ3v) is 8.19. The fourth-order valence-corrected chi connectivity index (χ4v) is 4.82. The number of hydrogen-bond donors (Lipinski definition) is 1. The van der Waals surface area contributed by atoms with E-state index < -0.39 is 10.2 Å². The first-order valence-corrected chi connectivity index (χ1v) is 14.2. The highest BCUT2D eigenvalue weighted by atomic mass is 32.2. The number of anilines is 2. The van der Waals surface area contributed by atoms with Crippen molar-refractivity contribution in [3.05, 3.63) is 55.0 Å². The molecule has 206 valence electrons. The van der Waals surface area contributed by atoms with Gasteiger partial charge in [-0.3, -0.25) is 9.67 Å². The SMILES string of the molecule is COc1cc(OC)cc(N(CC2CC2)c2ccc3ncc(-c4cnn(CCNS(=O)(=O)N(C)C)c4)nc3c2)c1. The number of nitrogens with one attached hydrogen (secondary N) is 1. The maximum absolute atomic E-state index is 11.9. The lowest BCUT2D eigenvalue weighted by Crippen LogP contribution is -2.37. The van der Waals surface area contributed by atoms with Crippen molar-refractivity contribution in [1.29, 1.82) is 0 Å². The van der Waals surface area contributed by atoms with Gasteiger partial charge in [-0.1, -0.05) is 0 Å². The van der Waals surface area contributed by atoms with Gasteiger partial charge in [0.1, 0.15) is 11.5 Å². The quantitative estimate of drug-likeness (QED) is 0.285. The first-order chi connectivity index (χ1) is 18.8. The first kappa shape index (κ1) is 26.9. The highest BCUT2D eigenvalue weighted by molar-refractivity contribution is 7.87. The van der Waals surface area contributed by atoms with E-state index in [4.69, 9.17) is 14.5 Å². The summed E-state index contributed by atoms with van der Waals surface area (Å²) in [5.41, 5.74) is 5.07. The molecular formula is C27H33N7O4S. The highest BCUT2D eigenvalue weighted by Crippen LogP contribution is 2.38. The number of ether oxygens (including phenoxy) is 2. The van der Waals surface area contributed by atoms with E-state index in [9.17, 15) is 8.42 Å². The van der Waals surface area contributed by atoms with Crippen molar-refractivity contribution in [3.63, 3.8) is 0 Å². The molecule has 1 saturated carbocycles. The summed E-state index contributed by atoms with van der Waals surface area (Å²) in [7, 11) is 2.79. The van der Waals surface area contributed by atoms with E-state index in [1.54, 1.807) is 31.3 Å². The zero-order valence-corrected chi connectivity index (χ0v) is 23.4. The van der Waals surface area contributed by atoms with Crippen LogP contribution in [0.3, 0.4) is 0 Å². The summed E-state index contributed by atoms with van der Waals surface area (Å²) in [6.07, 6.45) is 7.71. The second kappa shape index (κ2) is 11.2. The van der Waals surface area contributed by atoms with E-state index in [1.807, 2.05) is 30.5 Å². The van der Waals surface area contributed by atoms with Gasteiger partial charge in [0.25, 0.3) is 10.2 Å². The van der Waals surface area contributed by atoms with Crippen LogP contribution in [0.1, 0.15) is 12.8 Å². The number of nitrogens with zero attached hydrogens (tertiary/aromatic N) is 6. The lowest BCUT2D eigenvalue weighted by molar-refractivity contribution is 0.394. The second-order valence-corrected chi connectivity index (χ2v) is 11.7. The van der Waals surface area contributed by atoms with E-state index in [1.165, 1.54) is 26.9 Å². The summed E-state index contributed by atoms with van der Waals surface area (Å²) in [4.78, 5) is 11.8. The number of rotatable bonds is 12. The van der Waals surface area contributed by atoms with Gasteiger partial charge in [-0.25, -0.2) is 9.71 Å². The minimum atomic E-state index is -3.48. The molecule has 4 aromatic rings. The Balaban J connectivity index is 1.41. The predicted molar refractivity (Wildman–Crippen MR) is 151 cm³/mol. The number of benzene rings is 2. The standard InChI is InChI=1S/C27H33N7O4S/c1-32(2)39(35,36)30-9-10-33-18-20(15-29-33)27-16-28-25-8-7-21(13-26(25)31-27)34(17-19-5-6-19)22-11-23(37-3)14-24(12-22)38-4/h7-8,11-16,18-19,30H,5-6,9-10,17H2,1-4H3. The van der Waals surface area contributed by atoms with Crippen LogP contribution in [-0.4, -0.2) is 73.9 Å². The van der Waals surface area contributed by atoms with Crippen molar-refractivity contribution >= 4 is 32.6 Å². The van der Waals surface area contributed by atoms with Gasteiger partial charge in [-0.15, -0.1) is 0 Å². The summed E-state index contributed by atoms with van der Waals surface area (Å²) >= 11 is 0. The molecule has 0 radical (unpaired) electrons. The zero-order valence-electron chi connectivity index (χ0n) is 22.5. The molecule has 1 fully saturated rings. The number of methoxy groups -OCH3 is 2. The minimum absolute atomic E-state index is 0.222. The van der Waals surface area contributed by atoms with Crippen LogP contribution >= 0.6 is 0 Å². The third-order valence-electron chi connectivity index (χ3n) is 6.66. The van der Waals surface area contributed by atoms with Crippen molar-refractivity contribution in [2.24, 2.45) is 5.92 Å². The van der Waals surface area contributed by atoms with Crippen LogP contribution in [0.15, 0.2) is 55.0 Å². The van der Waals surface area contributed by atoms with Gasteiger partial charge < -0.3 is 14.4 Å². The number of aromatic nitrogens is 4. The molecule has 0 spiro atoms. The molecule has 0 amide bonds. The summed E-state index contributed by atoms with van der Waals surface area (Å²) in [5.74, 6) is 2.11. The zero-order chi connectivity index (χ0) is 27.6. The highest BCUT2D eigenvalue weighted by Gasteiger charge is 2.26. The van der Waals surface area contributed by atoms with Crippen molar-refractivity contribution in [2.75, 3.05) is 46.3 Å². The average molecular weight is 552 g/mol. The fourth-order valence-electron chi connectivity index (χ4n) is 4.21. The fraction of sp³-hybridized carbons (Fsp3) is 0.370. The Kier molecular flexibility index (Phi) is 7.69. The largest absolute Gasteiger partial charge is 0.497 e. The van der Waals surface area contributed by atoms with Gasteiger partial charge in [0, 0.05) is 68.5 Å². The smallest absolute Gasteiger partial charge is 0.278 e. The Morgan fingerprint density at radius 3 is 2.41 bits per heavy atom. The van der Waals surface area contributed by atoms with E-state index in [2.05, 4.69) is 31.8 Å². The third kappa shape index (κ3) is 6.29. The van der Waals surface area contributed by atoms with Crippen LogP contribution in [-0.2, 0) is 16.8 Å². The summed E-state index contributed by atoms with van der Waals surface area (Å²) in [5, 5.41) is 4.36. The summed E-state index contributed by atoms with van der Waals surface area (Å²) < 4.78 is 40.2. The lowest BCUT2D eigenvalue weighted by Gasteiger charge is -2.26. The topological polar surface area (TPSA) is 115 Å². The maximum atomic E-state index is 11.9. The van der Waals surface area contributed by atoms with Gasteiger partial charge >= 0.3 is 0 Å². The molecule has 12 heteroatoms. The molecular weight excluding hydrogens is 518 g/mol. The molecule has 0 atom stereocenters. The van der Waals surface area contributed by atoms with Gasteiger partial charge in [0.05, 0.1) is 49.9 Å². The molecule has 2 heterocycles. The molecule has 0 bridgehead atoms. The molecule has 2 aromatic heterocycles. The molecule has 0 aliphatic heterocycles. The van der Waals surface area contributed by atoms with Crippen molar-refractivity contribution in [2.45, 2.75) is 19.4 Å². The van der Waals surface area contributed by atoms with E-state index in [0.717, 1.165) is 50.3 Å². The Labute approximate surface area is 228 Å². The molecule has 1 aliphatic rings. The van der Waals surface area contributed by atoms with Crippen molar-refractivity contribution in [1.82, 2.24) is 28.8 Å². The predicted octanol–water partition coefficient (Wildman–Crippen LogP) is 3.45. The van der Waals surface area contributed by atoms with Crippen LogP contribution in [0.25, 0.3) is 22.3 Å². The molecule has 11 nitrogen and oxygen atoms in total. The summed E-state index contributed by atoms with van der Waals surface area (Å²) in [6, 6.07) is 12.0. The second-order valence-electron chi connectivity index (χ2n) is 9.73. The van der Waals surface area contributed by atoms with Crippen molar-refractivity contribution in [3.8, 4) is 22.8 Å². The van der Waals surface area contributed by atoms with Gasteiger partial charge in [-0.05, 0) is 37.0 Å². The van der Waals surface area contributed by atoms with Gasteiger partial charge in [0.15, 0.2) is 0 Å². The van der Waals surface area contributed by atoms with E-state index >= 15 is 0 Å². The van der Waals surface area contributed by atoms with E-state index in [0.29, 0.717) is 18.2 Å². The van der Waals surface area contributed by atoms with Crippen LogP contribution in [0.4, 0.5) is 11.4 Å². The number of fused-ring (bicyclic) bond motifs is 1. The first-order valence-electron chi connectivity index (χ1n) is 12.7. The number of hydrogen-bond acceptors (Lipinski definition) is 8. The Hall–Kier alpha value is -3.74. The van der Waals surface area contributed by atoms with Crippen LogP contribution in [0.5, 0.6) is 11.5 Å². The normalized spacial score (nSPS) is 13.7.